The van der Waals surface area contributed by atoms with E-state index in [1.807, 2.05) is 61.5 Å². The van der Waals surface area contributed by atoms with E-state index in [2.05, 4.69) is 21.3 Å². The summed E-state index contributed by atoms with van der Waals surface area (Å²) < 4.78 is 0. The number of hydrogen-bond donors (Lipinski definition) is 4. The summed E-state index contributed by atoms with van der Waals surface area (Å²) in [6, 6.07) is 16.3. The van der Waals surface area contributed by atoms with Crippen molar-refractivity contribution in [3.05, 3.63) is 60.2 Å². The molecule has 2 aromatic carbocycles. The van der Waals surface area contributed by atoms with Crippen LogP contribution in [0.5, 0.6) is 0 Å². The Bertz CT molecular complexity index is 764. The molecule has 0 heterocycles. The zero-order valence-corrected chi connectivity index (χ0v) is 16.7. The molecule has 0 bridgehead atoms. The van der Waals surface area contributed by atoms with Crippen LogP contribution in [-0.4, -0.2) is 25.0 Å². The van der Waals surface area contributed by atoms with Crippen LogP contribution in [0.3, 0.4) is 0 Å². The lowest BCUT2D eigenvalue weighted by molar-refractivity contribution is -0.120. The van der Waals surface area contributed by atoms with E-state index in [-0.39, 0.29) is 30.4 Å². The van der Waals surface area contributed by atoms with Gasteiger partial charge in [0.15, 0.2) is 0 Å². The Hall–Kier alpha value is -2.57. The van der Waals surface area contributed by atoms with Gasteiger partial charge in [0.2, 0.25) is 5.91 Å². The van der Waals surface area contributed by atoms with Gasteiger partial charge >= 0.3 is 6.03 Å². The van der Waals surface area contributed by atoms with Crippen LogP contribution < -0.4 is 21.3 Å². The van der Waals surface area contributed by atoms with E-state index in [0.29, 0.717) is 12.2 Å². The first-order valence-electron chi connectivity index (χ1n) is 9.33. The number of hydrogen-bond acceptors (Lipinski definition) is 3. The van der Waals surface area contributed by atoms with Crippen molar-refractivity contribution in [2.24, 2.45) is 5.92 Å². The van der Waals surface area contributed by atoms with Gasteiger partial charge < -0.3 is 21.3 Å². The summed E-state index contributed by atoms with van der Waals surface area (Å²) in [6.45, 7) is 3.22. The normalized spacial score (nSPS) is 13.8. The van der Waals surface area contributed by atoms with E-state index in [1.54, 1.807) is 0 Å². The Labute approximate surface area is 171 Å². The lowest BCUT2D eigenvalue weighted by Gasteiger charge is -2.15. The fraction of sp³-hybridized carbons (Fsp3) is 0.333. The molecular weight excluding hydrogens is 376 g/mol. The van der Waals surface area contributed by atoms with Crippen molar-refractivity contribution in [1.82, 2.24) is 10.6 Å². The highest BCUT2D eigenvalue weighted by Gasteiger charge is 2.20. The van der Waals surface area contributed by atoms with Gasteiger partial charge in [0.25, 0.3) is 0 Å². The van der Waals surface area contributed by atoms with Crippen LogP contribution in [0.1, 0.15) is 31.4 Å². The van der Waals surface area contributed by atoms with Crippen molar-refractivity contribution < 1.29 is 9.59 Å². The summed E-state index contributed by atoms with van der Waals surface area (Å²) in [7, 11) is 0. The quantitative estimate of drug-likeness (QED) is 0.540. The molecule has 0 spiro atoms. The van der Waals surface area contributed by atoms with Crippen molar-refractivity contribution in [3.63, 3.8) is 0 Å². The molecule has 0 saturated heterocycles. The maximum Gasteiger partial charge on any atom is 0.323 e. The number of halogens is 1. The lowest BCUT2D eigenvalue weighted by Crippen LogP contribution is -2.36. The highest BCUT2D eigenvalue weighted by atomic mass is 35.5. The van der Waals surface area contributed by atoms with E-state index in [1.165, 1.54) is 12.8 Å². The smallest absolute Gasteiger partial charge is 0.323 e. The Morgan fingerprint density at radius 3 is 2.18 bits per heavy atom. The lowest BCUT2D eigenvalue weighted by atomic mass is 10.1. The molecule has 1 aliphatic rings. The van der Waals surface area contributed by atoms with E-state index < -0.39 is 0 Å². The van der Waals surface area contributed by atoms with Gasteiger partial charge in [-0.15, -0.1) is 12.4 Å². The van der Waals surface area contributed by atoms with Gasteiger partial charge in [-0.25, -0.2) is 4.79 Å². The molecule has 2 aromatic rings. The van der Waals surface area contributed by atoms with Crippen LogP contribution in [0, 0.1) is 5.92 Å². The molecule has 3 amide bonds. The molecule has 150 valence electrons. The summed E-state index contributed by atoms with van der Waals surface area (Å²) in [5, 5.41) is 11.7. The van der Waals surface area contributed by atoms with Gasteiger partial charge in [-0.05, 0) is 62.1 Å². The fourth-order valence-corrected chi connectivity index (χ4v) is 2.76. The van der Waals surface area contributed by atoms with E-state index >= 15 is 0 Å². The number of amides is 3. The second kappa shape index (κ2) is 10.7. The van der Waals surface area contributed by atoms with E-state index in [4.69, 9.17) is 0 Å². The summed E-state index contributed by atoms with van der Waals surface area (Å²) >= 11 is 0. The largest absolute Gasteiger partial charge is 0.348 e. The molecule has 1 saturated carbocycles. The minimum Gasteiger partial charge on any atom is -0.348 e. The minimum atomic E-state index is -0.294. The average Bonchev–Trinajstić information content (AvgIpc) is 3.47. The van der Waals surface area contributed by atoms with Crippen molar-refractivity contribution in [1.29, 1.82) is 0 Å². The Balaban J connectivity index is 0.00000280. The minimum absolute atomic E-state index is 0. The topological polar surface area (TPSA) is 82.3 Å². The van der Waals surface area contributed by atoms with Crippen molar-refractivity contribution in [3.8, 4) is 0 Å². The molecule has 0 radical (unpaired) electrons. The third-order valence-electron chi connectivity index (χ3n) is 4.49. The fourth-order valence-electron chi connectivity index (χ4n) is 2.76. The highest BCUT2D eigenvalue weighted by molar-refractivity contribution is 5.99. The van der Waals surface area contributed by atoms with Gasteiger partial charge in [-0.3, -0.25) is 4.79 Å². The molecule has 0 aliphatic heterocycles. The van der Waals surface area contributed by atoms with Gasteiger partial charge in [0.1, 0.15) is 0 Å². The number of para-hydroxylation sites is 1. The maximum atomic E-state index is 12.0. The zero-order chi connectivity index (χ0) is 19.1. The predicted molar refractivity (Wildman–Crippen MR) is 115 cm³/mol. The van der Waals surface area contributed by atoms with Crippen LogP contribution in [-0.2, 0) is 4.79 Å². The van der Waals surface area contributed by atoms with Crippen LogP contribution in [0.15, 0.2) is 54.6 Å². The van der Waals surface area contributed by atoms with Gasteiger partial charge in [0, 0.05) is 11.4 Å². The molecule has 1 unspecified atom stereocenters. The Kier molecular flexibility index (Phi) is 8.29. The maximum absolute atomic E-state index is 12.0. The first-order valence-corrected chi connectivity index (χ1v) is 9.33. The number of rotatable bonds is 8. The van der Waals surface area contributed by atoms with Crippen LogP contribution >= 0.6 is 12.4 Å². The Morgan fingerprint density at radius 2 is 1.57 bits per heavy atom. The van der Waals surface area contributed by atoms with E-state index in [9.17, 15) is 9.59 Å². The molecule has 1 atom stereocenters. The number of carbonyl (C=O) groups excluding carboxylic acids is 2. The second-order valence-corrected chi connectivity index (χ2v) is 6.93. The Morgan fingerprint density at radius 1 is 0.964 bits per heavy atom. The van der Waals surface area contributed by atoms with Crippen molar-refractivity contribution in [2.45, 2.75) is 25.8 Å². The van der Waals surface area contributed by atoms with Gasteiger partial charge in [0.05, 0.1) is 12.6 Å². The van der Waals surface area contributed by atoms with Gasteiger partial charge in [-0.1, -0.05) is 30.3 Å². The summed E-state index contributed by atoms with van der Waals surface area (Å²) in [5.41, 5.74) is 2.41. The summed E-state index contributed by atoms with van der Waals surface area (Å²) in [6.07, 6.45) is 2.55. The number of benzene rings is 2. The number of anilines is 2. The molecule has 3 rings (SSSR count). The third-order valence-corrected chi connectivity index (χ3v) is 4.49. The molecule has 28 heavy (non-hydrogen) atoms. The first-order chi connectivity index (χ1) is 13.1. The van der Waals surface area contributed by atoms with E-state index in [0.717, 1.165) is 23.7 Å². The monoisotopic (exact) mass is 402 g/mol. The SMILES string of the molecule is CC(NC(=O)CNCC1CC1)c1ccc(NC(=O)Nc2ccccc2)cc1.Cl. The second-order valence-electron chi connectivity index (χ2n) is 6.93. The van der Waals surface area contributed by atoms with Crippen LogP contribution in [0.4, 0.5) is 16.2 Å². The average molecular weight is 403 g/mol. The summed E-state index contributed by atoms with van der Waals surface area (Å²) in [5.74, 6) is 0.752. The zero-order valence-electron chi connectivity index (χ0n) is 15.9. The van der Waals surface area contributed by atoms with Crippen molar-refractivity contribution in [2.75, 3.05) is 23.7 Å². The molecule has 4 N–H and O–H groups in total. The first kappa shape index (κ1) is 21.7. The van der Waals surface area contributed by atoms with Gasteiger partial charge in [-0.2, -0.15) is 0 Å². The van der Waals surface area contributed by atoms with Crippen LogP contribution in [0.2, 0.25) is 0 Å². The predicted octanol–water partition coefficient (Wildman–Crippen LogP) is 3.93. The summed E-state index contributed by atoms with van der Waals surface area (Å²) in [4.78, 5) is 24.0. The molecule has 1 aliphatic carbocycles. The molecular formula is C21H27ClN4O2. The van der Waals surface area contributed by atoms with Crippen molar-refractivity contribution >= 4 is 35.7 Å². The number of nitrogens with one attached hydrogen (secondary N) is 4. The highest BCUT2D eigenvalue weighted by Crippen LogP contribution is 2.27. The number of carbonyl (C=O) groups is 2. The molecule has 6 nitrogen and oxygen atoms in total. The third kappa shape index (κ3) is 7.21. The molecule has 7 heteroatoms. The molecule has 1 fully saturated rings. The molecule has 0 aromatic heterocycles. The van der Waals surface area contributed by atoms with Crippen LogP contribution in [0.25, 0.3) is 0 Å². The number of urea groups is 1. The standard InChI is InChI=1S/C21H26N4O2.ClH/c1-15(23-20(26)14-22-13-16-7-8-16)17-9-11-19(12-10-17)25-21(27)24-18-5-3-2-4-6-18;/h2-6,9-12,15-16,22H,7-8,13-14H2,1H3,(H,23,26)(H2,24,25,27);1H.